The third kappa shape index (κ3) is 3.55. The molecule has 6 nitrogen and oxygen atoms in total. The van der Waals surface area contributed by atoms with Gasteiger partial charge in [0.05, 0.1) is 5.41 Å². The molecule has 2 amide bonds. The van der Waals surface area contributed by atoms with Crippen molar-refractivity contribution in [1.29, 1.82) is 0 Å². The molecule has 0 aromatic heterocycles. The fourth-order valence-corrected chi connectivity index (χ4v) is 5.72. The summed E-state index contributed by atoms with van der Waals surface area (Å²) in [5.74, 6) is 0.270. The van der Waals surface area contributed by atoms with E-state index in [2.05, 4.69) is 0 Å². The molecule has 0 saturated heterocycles. The molecule has 2 unspecified atom stereocenters. The molecule has 152 valence electrons. The normalized spacial score (nSPS) is 30.1. The Morgan fingerprint density at radius 3 is 2.00 bits per heavy atom. The highest BCUT2D eigenvalue weighted by Crippen LogP contribution is 2.64. The molecule has 4 atom stereocenters. The molecular formula is C23H26N2O4. The van der Waals surface area contributed by atoms with Gasteiger partial charge in [-0.2, -0.15) is 0 Å². The van der Waals surface area contributed by atoms with Gasteiger partial charge in [-0.3, -0.25) is 0 Å². The monoisotopic (exact) mass is 394 g/mol. The van der Waals surface area contributed by atoms with Crippen molar-refractivity contribution in [3.05, 3.63) is 71.8 Å². The van der Waals surface area contributed by atoms with Crippen molar-refractivity contribution in [3.63, 3.8) is 0 Å². The Kier molecular flexibility index (Phi) is 4.94. The molecule has 2 aromatic rings. The van der Waals surface area contributed by atoms with Crippen LogP contribution < -0.4 is 11.5 Å². The Balaban J connectivity index is 1.80. The second kappa shape index (κ2) is 7.43. The fraction of sp³-hybridized carbons (Fsp3) is 0.391. The average Bonchev–Trinajstić information content (AvgIpc) is 3.13. The van der Waals surface area contributed by atoms with Gasteiger partial charge in [0.15, 0.2) is 0 Å². The van der Waals surface area contributed by atoms with Crippen LogP contribution in [0.1, 0.15) is 30.4 Å². The molecule has 29 heavy (non-hydrogen) atoms. The number of carbonyl (C=O) groups excluding carboxylic acids is 2. The number of ether oxygens (including phenoxy) is 2. The van der Waals surface area contributed by atoms with E-state index < -0.39 is 29.3 Å². The Bertz CT molecular complexity index is 888. The van der Waals surface area contributed by atoms with E-state index in [1.165, 1.54) is 0 Å². The van der Waals surface area contributed by atoms with Crippen LogP contribution >= 0.6 is 0 Å². The zero-order valence-electron chi connectivity index (χ0n) is 16.3. The van der Waals surface area contributed by atoms with Crippen molar-refractivity contribution in [3.8, 4) is 0 Å². The van der Waals surface area contributed by atoms with E-state index in [1.54, 1.807) is 0 Å². The first kappa shape index (κ1) is 19.3. The van der Waals surface area contributed by atoms with Gasteiger partial charge < -0.3 is 20.9 Å². The summed E-state index contributed by atoms with van der Waals surface area (Å²) in [6, 6.07) is 19.9. The molecule has 2 saturated carbocycles. The predicted octanol–water partition coefficient (Wildman–Crippen LogP) is 3.57. The highest BCUT2D eigenvalue weighted by atomic mass is 16.6. The first-order valence-electron chi connectivity index (χ1n) is 9.95. The van der Waals surface area contributed by atoms with Crippen molar-refractivity contribution < 1.29 is 19.1 Å². The van der Waals surface area contributed by atoms with Gasteiger partial charge >= 0.3 is 12.2 Å². The lowest BCUT2D eigenvalue weighted by Crippen LogP contribution is -2.58. The van der Waals surface area contributed by atoms with E-state index >= 15 is 0 Å². The van der Waals surface area contributed by atoms with E-state index in [1.807, 2.05) is 60.7 Å². The fourth-order valence-electron chi connectivity index (χ4n) is 5.72. The van der Waals surface area contributed by atoms with Gasteiger partial charge in [-0.25, -0.2) is 9.59 Å². The minimum absolute atomic E-state index is 0.270. The van der Waals surface area contributed by atoms with Crippen LogP contribution in [0.25, 0.3) is 0 Å². The van der Waals surface area contributed by atoms with E-state index in [9.17, 15) is 9.59 Å². The number of rotatable bonds is 6. The first-order valence-corrected chi connectivity index (χ1v) is 9.95. The highest BCUT2D eigenvalue weighted by Gasteiger charge is 2.69. The zero-order valence-corrected chi connectivity index (χ0v) is 16.3. The minimum Gasteiger partial charge on any atom is -0.446 e. The SMILES string of the molecule is NC(=O)O[C@H]1CC2CC1(Cc1ccccc1)[C@@](Cc1ccccc1)(OC(N)=O)C2. The summed E-state index contributed by atoms with van der Waals surface area (Å²) in [7, 11) is 0. The van der Waals surface area contributed by atoms with Gasteiger partial charge in [-0.05, 0) is 42.7 Å². The Hall–Kier alpha value is -3.02. The minimum atomic E-state index is -0.862. The molecule has 2 aromatic carbocycles. The maximum atomic E-state index is 12.0. The van der Waals surface area contributed by atoms with Crippen molar-refractivity contribution in [2.45, 2.75) is 43.8 Å². The van der Waals surface area contributed by atoms with Gasteiger partial charge in [-0.1, -0.05) is 60.7 Å². The summed E-state index contributed by atoms with van der Waals surface area (Å²) in [4.78, 5) is 23.7. The number of nitrogens with two attached hydrogens (primary N) is 2. The smallest absolute Gasteiger partial charge is 0.405 e. The lowest BCUT2D eigenvalue weighted by Gasteiger charge is -2.49. The number of benzene rings is 2. The largest absolute Gasteiger partial charge is 0.446 e. The summed E-state index contributed by atoms with van der Waals surface area (Å²) in [6.07, 6.45) is 1.29. The second-order valence-electron chi connectivity index (χ2n) is 8.33. The maximum Gasteiger partial charge on any atom is 0.405 e. The van der Waals surface area contributed by atoms with Gasteiger partial charge in [0.1, 0.15) is 11.7 Å². The van der Waals surface area contributed by atoms with Crippen LogP contribution in [0.2, 0.25) is 0 Å². The van der Waals surface area contributed by atoms with Crippen LogP contribution in [0.4, 0.5) is 9.59 Å². The van der Waals surface area contributed by atoms with Gasteiger partial charge in [0.2, 0.25) is 0 Å². The quantitative estimate of drug-likeness (QED) is 0.781. The van der Waals surface area contributed by atoms with Crippen molar-refractivity contribution in [2.75, 3.05) is 0 Å². The summed E-state index contributed by atoms with van der Waals surface area (Å²) < 4.78 is 11.5. The number of amides is 2. The van der Waals surface area contributed by atoms with Gasteiger partial charge in [-0.15, -0.1) is 0 Å². The van der Waals surface area contributed by atoms with Crippen molar-refractivity contribution in [2.24, 2.45) is 22.8 Å². The number of hydrogen-bond acceptors (Lipinski definition) is 4. The van der Waals surface area contributed by atoms with Gasteiger partial charge in [0, 0.05) is 6.42 Å². The van der Waals surface area contributed by atoms with Crippen molar-refractivity contribution >= 4 is 12.2 Å². The highest BCUT2D eigenvalue weighted by molar-refractivity contribution is 5.66. The van der Waals surface area contributed by atoms with Crippen LogP contribution in [0, 0.1) is 11.3 Å². The lowest BCUT2D eigenvalue weighted by molar-refractivity contribution is -0.131. The number of carbonyl (C=O) groups is 2. The van der Waals surface area contributed by atoms with E-state index in [-0.39, 0.29) is 5.92 Å². The Morgan fingerprint density at radius 2 is 1.45 bits per heavy atom. The Morgan fingerprint density at radius 1 is 0.862 bits per heavy atom. The summed E-state index contributed by atoms with van der Waals surface area (Å²) in [5.41, 5.74) is 11.7. The molecular weight excluding hydrogens is 368 g/mol. The predicted molar refractivity (Wildman–Crippen MR) is 108 cm³/mol. The third-order valence-electron chi connectivity index (χ3n) is 6.59. The molecule has 6 heteroatoms. The molecule has 4 rings (SSSR count). The van der Waals surface area contributed by atoms with Crippen molar-refractivity contribution in [1.82, 2.24) is 0 Å². The lowest BCUT2D eigenvalue weighted by atomic mass is 9.63. The van der Waals surface area contributed by atoms with E-state index in [0.717, 1.165) is 17.5 Å². The molecule has 2 bridgehead atoms. The number of fused-ring (bicyclic) bond motifs is 2. The van der Waals surface area contributed by atoms with Gasteiger partial charge in [0.25, 0.3) is 0 Å². The molecule has 4 N–H and O–H groups in total. The Labute approximate surface area is 170 Å². The first-order chi connectivity index (χ1) is 13.9. The molecule has 2 fully saturated rings. The number of hydrogen-bond donors (Lipinski definition) is 2. The third-order valence-corrected chi connectivity index (χ3v) is 6.59. The molecule has 0 spiro atoms. The zero-order chi connectivity index (χ0) is 20.5. The van der Waals surface area contributed by atoms with Crippen LogP contribution in [0.15, 0.2) is 60.7 Å². The summed E-state index contributed by atoms with van der Waals surface area (Å²) in [5, 5.41) is 0. The van der Waals surface area contributed by atoms with E-state index in [4.69, 9.17) is 20.9 Å². The van der Waals surface area contributed by atoms with E-state index in [0.29, 0.717) is 25.7 Å². The maximum absolute atomic E-state index is 12.0. The number of primary amides is 2. The molecule has 2 aliphatic rings. The average molecular weight is 394 g/mol. The summed E-state index contributed by atoms with van der Waals surface area (Å²) in [6.45, 7) is 0. The van der Waals surface area contributed by atoms with Crippen LogP contribution in [-0.2, 0) is 22.3 Å². The topological polar surface area (TPSA) is 105 Å². The second-order valence-corrected chi connectivity index (χ2v) is 8.33. The molecule has 2 aliphatic carbocycles. The van der Waals surface area contributed by atoms with Crippen LogP contribution in [0.3, 0.4) is 0 Å². The molecule has 0 heterocycles. The molecule has 0 radical (unpaired) electrons. The molecule has 0 aliphatic heterocycles. The van der Waals surface area contributed by atoms with Crippen LogP contribution in [0.5, 0.6) is 0 Å². The van der Waals surface area contributed by atoms with Crippen LogP contribution in [-0.4, -0.2) is 23.9 Å². The summed E-state index contributed by atoms with van der Waals surface area (Å²) >= 11 is 0. The standard InChI is InChI=1S/C23H26N2O4/c24-20(26)28-19-11-18-13-22(19,12-16-7-3-1-4-8-16)23(15-18,29-21(25)27)14-17-9-5-2-6-10-17/h1-10,18-19H,11-15H2,(H2,24,26)(H2,25,27)/t18?,19-,22?,23-/m0/s1.